The van der Waals surface area contributed by atoms with Gasteiger partial charge in [-0.3, -0.25) is 9.59 Å². The number of carbonyl (C=O) groups is 2. The first kappa shape index (κ1) is 19.6. The van der Waals surface area contributed by atoms with E-state index in [-0.39, 0.29) is 24.2 Å². The zero-order valence-corrected chi connectivity index (χ0v) is 16.6. The molecule has 0 aliphatic carbocycles. The van der Waals surface area contributed by atoms with E-state index in [0.717, 1.165) is 17.0 Å². The van der Waals surface area contributed by atoms with E-state index >= 15 is 0 Å². The predicted octanol–water partition coefficient (Wildman–Crippen LogP) is 2.46. The molecule has 4 rings (SSSR count). The highest BCUT2D eigenvalue weighted by atomic mass is 16.5. The average molecular weight is 406 g/mol. The normalized spacial score (nSPS) is 16.0. The minimum absolute atomic E-state index is 0.0651. The lowest BCUT2D eigenvalue weighted by Crippen LogP contribution is -2.34. The van der Waals surface area contributed by atoms with Gasteiger partial charge in [0, 0.05) is 37.2 Å². The molecule has 1 fully saturated rings. The average Bonchev–Trinajstić information content (AvgIpc) is 3.41. The Morgan fingerprint density at radius 2 is 1.93 bits per heavy atom. The van der Waals surface area contributed by atoms with Gasteiger partial charge in [0.25, 0.3) is 0 Å². The third-order valence-corrected chi connectivity index (χ3v) is 5.01. The van der Waals surface area contributed by atoms with E-state index in [0.29, 0.717) is 31.3 Å². The van der Waals surface area contributed by atoms with Crippen LogP contribution in [0.5, 0.6) is 5.75 Å². The van der Waals surface area contributed by atoms with Gasteiger partial charge in [-0.25, -0.2) is 0 Å². The summed E-state index contributed by atoms with van der Waals surface area (Å²) in [5.41, 5.74) is 1.61. The number of methoxy groups -OCH3 is 1. The fraction of sp³-hybridized carbons (Fsp3) is 0.273. The minimum Gasteiger partial charge on any atom is -0.497 e. The second-order valence-corrected chi connectivity index (χ2v) is 7.01. The monoisotopic (exact) mass is 406 g/mol. The largest absolute Gasteiger partial charge is 0.497 e. The molecule has 8 heteroatoms. The summed E-state index contributed by atoms with van der Waals surface area (Å²) >= 11 is 0. The molecular weight excluding hydrogens is 384 g/mol. The van der Waals surface area contributed by atoms with Crippen molar-refractivity contribution in [1.29, 1.82) is 0 Å². The van der Waals surface area contributed by atoms with Crippen LogP contribution in [0.4, 0.5) is 5.69 Å². The van der Waals surface area contributed by atoms with E-state index in [1.54, 1.807) is 24.1 Å². The number of nitrogens with one attached hydrogen (secondary N) is 1. The maximum atomic E-state index is 12.5. The third kappa shape index (κ3) is 4.32. The fourth-order valence-electron chi connectivity index (χ4n) is 3.38. The standard InChI is InChI=1S/C22H22N4O4/c1-29-18-9-7-17(8-10-18)26-14-16(13-20(26)27)21(28)23-12-11-19-24-25-22(30-19)15-5-3-2-4-6-15/h2-10,16H,11-14H2,1H3,(H,23,28)/t16-/m1/s1. The van der Waals surface area contributed by atoms with Gasteiger partial charge in [-0.15, -0.1) is 10.2 Å². The number of carbonyl (C=O) groups excluding carboxylic acids is 2. The summed E-state index contributed by atoms with van der Waals surface area (Å²) in [5, 5.41) is 10.9. The number of aromatic nitrogens is 2. The Labute approximate surface area is 173 Å². The number of amides is 2. The SMILES string of the molecule is COc1ccc(N2C[C@H](C(=O)NCCc3nnc(-c4ccccc4)o3)CC2=O)cc1. The van der Waals surface area contributed by atoms with Crippen LogP contribution >= 0.6 is 0 Å². The quantitative estimate of drug-likeness (QED) is 0.647. The lowest BCUT2D eigenvalue weighted by molar-refractivity contribution is -0.126. The van der Waals surface area contributed by atoms with E-state index in [1.165, 1.54) is 0 Å². The highest BCUT2D eigenvalue weighted by molar-refractivity contribution is 6.00. The van der Waals surface area contributed by atoms with E-state index in [2.05, 4.69) is 15.5 Å². The van der Waals surface area contributed by atoms with Crippen LogP contribution in [0.25, 0.3) is 11.5 Å². The van der Waals surface area contributed by atoms with E-state index in [9.17, 15) is 9.59 Å². The van der Waals surface area contributed by atoms with Crippen molar-refractivity contribution in [2.45, 2.75) is 12.8 Å². The molecule has 0 bridgehead atoms. The van der Waals surface area contributed by atoms with Crippen LogP contribution in [0.3, 0.4) is 0 Å². The van der Waals surface area contributed by atoms with Crippen molar-refractivity contribution in [2.24, 2.45) is 5.92 Å². The van der Waals surface area contributed by atoms with E-state index in [4.69, 9.17) is 9.15 Å². The molecule has 0 saturated carbocycles. The highest BCUT2D eigenvalue weighted by Crippen LogP contribution is 2.27. The van der Waals surface area contributed by atoms with Gasteiger partial charge in [-0.05, 0) is 36.4 Å². The van der Waals surface area contributed by atoms with Crippen molar-refractivity contribution in [3.8, 4) is 17.2 Å². The first-order valence-electron chi connectivity index (χ1n) is 9.74. The van der Waals surface area contributed by atoms with Crippen LogP contribution < -0.4 is 15.0 Å². The first-order valence-corrected chi connectivity index (χ1v) is 9.74. The Morgan fingerprint density at radius 3 is 2.67 bits per heavy atom. The predicted molar refractivity (Wildman–Crippen MR) is 110 cm³/mol. The Morgan fingerprint density at radius 1 is 1.17 bits per heavy atom. The number of nitrogens with zero attached hydrogens (tertiary/aromatic N) is 3. The molecular formula is C22H22N4O4. The molecule has 1 aliphatic rings. The molecule has 3 aromatic rings. The van der Waals surface area contributed by atoms with Gasteiger partial charge in [0.1, 0.15) is 5.75 Å². The van der Waals surface area contributed by atoms with Crippen LogP contribution in [-0.4, -0.2) is 42.2 Å². The van der Waals surface area contributed by atoms with Gasteiger partial charge >= 0.3 is 0 Å². The number of hydrogen-bond donors (Lipinski definition) is 1. The highest BCUT2D eigenvalue weighted by Gasteiger charge is 2.35. The molecule has 2 amide bonds. The summed E-state index contributed by atoms with van der Waals surface area (Å²) in [5.74, 6) is 1.02. The van der Waals surface area contributed by atoms with Crippen LogP contribution in [0.2, 0.25) is 0 Å². The van der Waals surface area contributed by atoms with Crippen LogP contribution in [0.1, 0.15) is 12.3 Å². The van der Waals surface area contributed by atoms with E-state index in [1.807, 2.05) is 42.5 Å². The Kier molecular flexibility index (Phi) is 5.74. The lowest BCUT2D eigenvalue weighted by atomic mass is 10.1. The van der Waals surface area contributed by atoms with Gasteiger partial charge in [-0.2, -0.15) is 0 Å². The van der Waals surface area contributed by atoms with Gasteiger partial charge in [0.05, 0.1) is 13.0 Å². The Bertz CT molecular complexity index is 1020. The van der Waals surface area contributed by atoms with Crippen molar-refractivity contribution >= 4 is 17.5 Å². The molecule has 154 valence electrons. The second kappa shape index (κ2) is 8.77. The lowest BCUT2D eigenvalue weighted by Gasteiger charge is -2.17. The van der Waals surface area contributed by atoms with Crippen molar-refractivity contribution in [3.05, 3.63) is 60.5 Å². The van der Waals surface area contributed by atoms with E-state index < -0.39 is 0 Å². The molecule has 8 nitrogen and oxygen atoms in total. The van der Waals surface area contributed by atoms with Crippen LogP contribution in [0, 0.1) is 5.92 Å². The Balaban J connectivity index is 1.28. The summed E-state index contributed by atoms with van der Waals surface area (Å²) in [4.78, 5) is 26.5. The molecule has 0 spiro atoms. The number of rotatable bonds is 7. The molecule has 0 unspecified atom stereocenters. The molecule has 1 aromatic heterocycles. The zero-order valence-electron chi connectivity index (χ0n) is 16.6. The number of benzene rings is 2. The van der Waals surface area contributed by atoms with Crippen molar-refractivity contribution in [1.82, 2.24) is 15.5 Å². The summed E-state index contributed by atoms with van der Waals surface area (Å²) in [6, 6.07) is 16.7. The van der Waals surface area contributed by atoms with Crippen LogP contribution in [0.15, 0.2) is 59.0 Å². The molecule has 1 atom stereocenters. The van der Waals surface area contributed by atoms with Crippen LogP contribution in [-0.2, 0) is 16.0 Å². The number of ether oxygens (including phenoxy) is 1. The van der Waals surface area contributed by atoms with Crippen molar-refractivity contribution < 1.29 is 18.7 Å². The van der Waals surface area contributed by atoms with Crippen molar-refractivity contribution in [2.75, 3.05) is 25.1 Å². The second-order valence-electron chi connectivity index (χ2n) is 7.01. The molecule has 30 heavy (non-hydrogen) atoms. The first-order chi connectivity index (χ1) is 14.6. The summed E-state index contributed by atoms with van der Waals surface area (Å²) < 4.78 is 10.8. The van der Waals surface area contributed by atoms with Gasteiger partial charge in [-0.1, -0.05) is 18.2 Å². The number of anilines is 1. The Hall–Kier alpha value is -3.68. The number of hydrogen-bond acceptors (Lipinski definition) is 6. The van der Waals surface area contributed by atoms with Gasteiger partial charge < -0.3 is 19.4 Å². The van der Waals surface area contributed by atoms with Gasteiger partial charge in [0.15, 0.2) is 0 Å². The molecule has 1 saturated heterocycles. The summed E-state index contributed by atoms with van der Waals surface area (Å²) in [6.07, 6.45) is 0.616. The smallest absolute Gasteiger partial charge is 0.247 e. The topological polar surface area (TPSA) is 97.6 Å². The third-order valence-electron chi connectivity index (χ3n) is 5.01. The molecule has 1 N–H and O–H groups in total. The molecule has 1 aliphatic heterocycles. The summed E-state index contributed by atoms with van der Waals surface area (Å²) in [6.45, 7) is 0.720. The zero-order chi connectivity index (χ0) is 20.9. The minimum atomic E-state index is -0.387. The molecule has 2 heterocycles. The molecule has 0 radical (unpaired) electrons. The summed E-state index contributed by atoms with van der Waals surface area (Å²) in [7, 11) is 1.59. The molecule has 2 aromatic carbocycles. The maximum Gasteiger partial charge on any atom is 0.247 e. The van der Waals surface area contributed by atoms with Crippen molar-refractivity contribution in [3.63, 3.8) is 0 Å². The maximum absolute atomic E-state index is 12.5. The van der Waals surface area contributed by atoms with Gasteiger partial charge in [0.2, 0.25) is 23.6 Å². The fourth-order valence-corrected chi connectivity index (χ4v) is 3.38.